The number of fused-ring (bicyclic) bond motifs is 3. The molecule has 1 aromatic heterocycles. The number of hydrogen-bond acceptors (Lipinski definition) is 4. The molecule has 0 saturated carbocycles. The van der Waals surface area contributed by atoms with E-state index in [1.165, 1.54) is 0 Å². The summed E-state index contributed by atoms with van der Waals surface area (Å²) in [6, 6.07) is 6.10. The van der Waals surface area contributed by atoms with Gasteiger partial charge in [-0.2, -0.15) is 0 Å². The highest BCUT2D eigenvalue weighted by atomic mass is 16.2. The second kappa shape index (κ2) is 4.80. The van der Waals surface area contributed by atoms with E-state index in [0.717, 1.165) is 28.1 Å². The van der Waals surface area contributed by atoms with Gasteiger partial charge in [-0.05, 0) is 32.4 Å². The number of carbonyl (C=O) groups excluding carboxylic acids is 1. The van der Waals surface area contributed by atoms with Crippen molar-refractivity contribution in [3.63, 3.8) is 0 Å². The lowest BCUT2D eigenvalue weighted by Crippen LogP contribution is -2.40. The molecule has 22 heavy (non-hydrogen) atoms. The maximum absolute atomic E-state index is 12.9. The number of rotatable bonds is 1. The van der Waals surface area contributed by atoms with Crippen LogP contribution in [0.2, 0.25) is 0 Å². The van der Waals surface area contributed by atoms with Gasteiger partial charge >= 0.3 is 0 Å². The molecular formula is C17H20N4O. The van der Waals surface area contributed by atoms with Crippen molar-refractivity contribution >= 4 is 17.5 Å². The smallest absolute Gasteiger partial charge is 0.236 e. The van der Waals surface area contributed by atoms with Crippen molar-refractivity contribution in [2.45, 2.75) is 26.2 Å². The molecule has 0 spiro atoms. The number of benzene rings is 1. The molecule has 2 heterocycles. The average Bonchev–Trinajstić information content (AvgIpc) is 2.57. The predicted molar refractivity (Wildman–Crippen MR) is 88.2 cm³/mol. The lowest BCUT2D eigenvalue weighted by Gasteiger charge is -2.27. The first kappa shape index (κ1) is 14.5. The van der Waals surface area contributed by atoms with E-state index < -0.39 is 5.41 Å². The molecule has 0 fully saturated rings. The minimum Gasteiger partial charge on any atom is -0.357 e. The molecule has 114 valence electrons. The molecule has 0 bridgehead atoms. The number of likely N-dealkylation sites (N-methyl/N-ethyl adjacent to an activating group) is 1. The zero-order valence-corrected chi connectivity index (χ0v) is 13.6. The van der Waals surface area contributed by atoms with E-state index >= 15 is 0 Å². The molecule has 0 aliphatic carbocycles. The Balaban J connectivity index is 2.40. The summed E-state index contributed by atoms with van der Waals surface area (Å²) in [5, 5.41) is 2.97. The third kappa shape index (κ3) is 1.96. The van der Waals surface area contributed by atoms with Crippen LogP contribution in [0.4, 0.5) is 11.6 Å². The van der Waals surface area contributed by atoms with Gasteiger partial charge in [0.2, 0.25) is 11.9 Å². The number of amides is 1. The van der Waals surface area contributed by atoms with Crippen LogP contribution in [0.25, 0.3) is 11.3 Å². The van der Waals surface area contributed by atoms with Crippen molar-refractivity contribution in [3.8, 4) is 11.3 Å². The summed E-state index contributed by atoms with van der Waals surface area (Å²) in [4.78, 5) is 23.6. The van der Waals surface area contributed by atoms with Crippen LogP contribution in [0.3, 0.4) is 0 Å². The van der Waals surface area contributed by atoms with E-state index in [0.29, 0.717) is 5.95 Å². The highest BCUT2D eigenvalue weighted by molar-refractivity contribution is 6.06. The number of anilines is 2. The second-order valence-corrected chi connectivity index (χ2v) is 6.22. The maximum atomic E-state index is 12.9. The summed E-state index contributed by atoms with van der Waals surface area (Å²) in [7, 11) is 3.61. The summed E-state index contributed by atoms with van der Waals surface area (Å²) in [5.41, 5.74) is 3.95. The number of carbonyl (C=O) groups is 1. The molecule has 1 amide bonds. The number of hydrogen-bond donors (Lipinski definition) is 1. The van der Waals surface area contributed by atoms with Crippen molar-refractivity contribution in [1.82, 2.24) is 9.97 Å². The van der Waals surface area contributed by atoms with Crippen LogP contribution in [0, 0.1) is 6.92 Å². The zero-order valence-electron chi connectivity index (χ0n) is 13.6. The third-order valence-corrected chi connectivity index (χ3v) is 4.29. The first-order valence-electron chi connectivity index (χ1n) is 7.30. The van der Waals surface area contributed by atoms with E-state index in [2.05, 4.69) is 15.3 Å². The van der Waals surface area contributed by atoms with Gasteiger partial charge in [-0.1, -0.05) is 12.1 Å². The fourth-order valence-corrected chi connectivity index (χ4v) is 2.93. The number of aryl methyl sites for hydroxylation is 1. The summed E-state index contributed by atoms with van der Waals surface area (Å²) in [6.07, 6.45) is 1.76. The van der Waals surface area contributed by atoms with Crippen LogP contribution in [0.5, 0.6) is 0 Å². The topological polar surface area (TPSA) is 58.1 Å². The summed E-state index contributed by atoms with van der Waals surface area (Å²) < 4.78 is 0. The Morgan fingerprint density at radius 3 is 2.68 bits per heavy atom. The molecule has 0 atom stereocenters. The van der Waals surface area contributed by atoms with Crippen molar-refractivity contribution < 1.29 is 4.79 Å². The molecule has 5 nitrogen and oxygen atoms in total. The molecule has 3 rings (SSSR count). The van der Waals surface area contributed by atoms with Crippen LogP contribution in [-0.4, -0.2) is 30.0 Å². The lowest BCUT2D eigenvalue weighted by atomic mass is 9.83. The minimum absolute atomic E-state index is 0.0407. The van der Waals surface area contributed by atoms with Gasteiger partial charge in [0.05, 0.1) is 16.8 Å². The number of aromatic nitrogens is 2. The van der Waals surface area contributed by atoms with Gasteiger partial charge in [0, 0.05) is 31.4 Å². The SMILES string of the molecule is CNc1ncc2c(n1)-c1ccc(C)cc1N(C)C(=O)C2(C)C. The van der Waals surface area contributed by atoms with Crippen LogP contribution >= 0.6 is 0 Å². The van der Waals surface area contributed by atoms with Gasteiger partial charge in [-0.25, -0.2) is 9.97 Å². The molecule has 0 saturated heterocycles. The van der Waals surface area contributed by atoms with Gasteiger partial charge in [-0.15, -0.1) is 0 Å². The molecule has 1 aromatic carbocycles. The van der Waals surface area contributed by atoms with Gasteiger partial charge < -0.3 is 10.2 Å². The fourth-order valence-electron chi connectivity index (χ4n) is 2.93. The van der Waals surface area contributed by atoms with E-state index in [4.69, 9.17) is 0 Å². The lowest BCUT2D eigenvalue weighted by molar-refractivity contribution is -0.122. The van der Waals surface area contributed by atoms with Crippen molar-refractivity contribution in [2.24, 2.45) is 0 Å². The Labute approximate surface area is 130 Å². The van der Waals surface area contributed by atoms with Crippen LogP contribution < -0.4 is 10.2 Å². The Morgan fingerprint density at radius 1 is 1.27 bits per heavy atom. The maximum Gasteiger partial charge on any atom is 0.236 e. The Kier molecular flexibility index (Phi) is 3.16. The monoisotopic (exact) mass is 296 g/mol. The zero-order chi connectivity index (χ0) is 16.1. The average molecular weight is 296 g/mol. The van der Waals surface area contributed by atoms with E-state index in [1.807, 2.05) is 46.0 Å². The number of nitrogens with zero attached hydrogens (tertiary/aromatic N) is 3. The molecular weight excluding hydrogens is 276 g/mol. The van der Waals surface area contributed by atoms with Crippen molar-refractivity contribution in [3.05, 3.63) is 35.5 Å². The molecule has 1 aliphatic rings. The van der Waals surface area contributed by atoms with E-state index in [9.17, 15) is 4.79 Å². The molecule has 1 aliphatic heterocycles. The Hall–Kier alpha value is -2.43. The quantitative estimate of drug-likeness (QED) is 0.879. The molecule has 0 unspecified atom stereocenters. The van der Waals surface area contributed by atoms with Crippen LogP contribution in [0.1, 0.15) is 25.0 Å². The minimum atomic E-state index is -0.677. The first-order valence-corrected chi connectivity index (χ1v) is 7.30. The highest BCUT2D eigenvalue weighted by Gasteiger charge is 2.40. The third-order valence-electron chi connectivity index (χ3n) is 4.29. The van der Waals surface area contributed by atoms with Crippen molar-refractivity contribution in [2.75, 3.05) is 24.3 Å². The first-order chi connectivity index (χ1) is 10.4. The molecule has 2 aromatic rings. The van der Waals surface area contributed by atoms with E-state index in [-0.39, 0.29) is 5.91 Å². The highest BCUT2D eigenvalue weighted by Crippen LogP contribution is 2.42. The second-order valence-electron chi connectivity index (χ2n) is 6.22. The van der Waals surface area contributed by atoms with Crippen LogP contribution in [0.15, 0.2) is 24.4 Å². The summed E-state index contributed by atoms with van der Waals surface area (Å²) in [6.45, 7) is 5.87. The molecule has 5 heteroatoms. The largest absolute Gasteiger partial charge is 0.357 e. The van der Waals surface area contributed by atoms with Gasteiger partial charge in [0.15, 0.2) is 0 Å². The molecule has 0 radical (unpaired) electrons. The molecule has 1 N–H and O–H groups in total. The van der Waals surface area contributed by atoms with E-state index in [1.54, 1.807) is 18.1 Å². The number of nitrogens with one attached hydrogen (secondary N) is 1. The van der Waals surface area contributed by atoms with Gasteiger partial charge in [-0.3, -0.25) is 4.79 Å². The fraction of sp³-hybridized carbons (Fsp3) is 0.353. The van der Waals surface area contributed by atoms with Crippen molar-refractivity contribution in [1.29, 1.82) is 0 Å². The Morgan fingerprint density at radius 2 is 2.00 bits per heavy atom. The normalized spacial score (nSPS) is 15.9. The van der Waals surface area contributed by atoms with Crippen LogP contribution in [-0.2, 0) is 10.2 Å². The predicted octanol–water partition coefficient (Wildman–Crippen LogP) is 2.75. The summed E-state index contributed by atoms with van der Waals surface area (Å²) >= 11 is 0. The van der Waals surface area contributed by atoms with Gasteiger partial charge in [0.25, 0.3) is 0 Å². The Bertz CT molecular complexity index is 767. The van der Waals surface area contributed by atoms with Gasteiger partial charge in [0.1, 0.15) is 0 Å². The summed E-state index contributed by atoms with van der Waals surface area (Å²) in [5.74, 6) is 0.594. The standard InChI is InChI=1S/C17H20N4O/c1-10-6-7-11-13(8-10)21(5)15(22)17(2,3)12-9-19-16(18-4)20-14(11)12/h6-9H,1-5H3,(H,18,19,20).